The van der Waals surface area contributed by atoms with Crippen LogP contribution in [0.1, 0.15) is 41.7 Å². The van der Waals surface area contributed by atoms with Crippen LogP contribution in [0.4, 0.5) is 0 Å². The van der Waals surface area contributed by atoms with Crippen molar-refractivity contribution in [1.29, 1.82) is 0 Å². The van der Waals surface area contributed by atoms with Gasteiger partial charge in [-0.25, -0.2) is 9.97 Å². The van der Waals surface area contributed by atoms with Gasteiger partial charge in [-0.3, -0.25) is 9.59 Å². The second-order valence-corrected chi connectivity index (χ2v) is 9.78. The Bertz CT molecular complexity index is 823. The van der Waals surface area contributed by atoms with Crippen LogP contribution in [0.25, 0.3) is 0 Å². The summed E-state index contributed by atoms with van der Waals surface area (Å²) in [6, 6.07) is 6.69. The van der Waals surface area contributed by atoms with Gasteiger partial charge in [0.25, 0.3) is 0 Å². The van der Waals surface area contributed by atoms with Gasteiger partial charge in [0.15, 0.2) is 0 Å². The summed E-state index contributed by atoms with van der Waals surface area (Å²) in [5, 5.41) is 0.848. The Balaban J connectivity index is 0.000000283. The third-order valence-electron chi connectivity index (χ3n) is 2.87. The summed E-state index contributed by atoms with van der Waals surface area (Å²) >= 11 is 21.2. The fourth-order valence-corrected chi connectivity index (χ4v) is 4.27. The summed E-state index contributed by atoms with van der Waals surface area (Å²) in [6.45, 7) is 5.88. The summed E-state index contributed by atoms with van der Waals surface area (Å²) in [4.78, 5) is 31.9. The fraction of sp³-hybridized carbons (Fsp3) is 0.333. The smallest absolute Gasteiger partial charge is 0.239 e. The molecule has 2 rings (SSSR count). The van der Waals surface area contributed by atoms with Crippen LogP contribution in [-0.2, 0) is 0 Å². The SMILES string of the molecule is CCSC(=O)c1nc(Cl)ccc1Cl.CCSC(=O)c1nc(Cl)ccc1SCC. The van der Waals surface area contributed by atoms with Crippen molar-refractivity contribution in [3.63, 3.8) is 0 Å². The Hall–Kier alpha value is -0.440. The molecule has 0 aromatic carbocycles. The minimum absolute atomic E-state index is 0.00375. The van der Waals surface area contributed by atoms with Gasteiger partial charge in [0.1, 0.15) is 21.7 Å². The van der Waals surface area contributed by atoms with Gasteiger partial charge in [0, 0.05) is 4.90 Å². The number of hydrogen-bond acceptors (Lipinski definition) is 7. The first-order valence-corrected chi connectivity index (χ1v) is 12.4. The molecule has 0 aliphatic rings. The van der Waals surface area contributed by atoms with Gasteiger partial charge in [-0.05, 0) is 41.5 Å². The number of nitrogens with zero attached hydrogens (tertiary/aromatic N) is 2. The van der Waals surface area contributed by atoms with Gasteiger partial charge in [0.2, 0.25) is 10.2 Å². The largest absolute Gasteiger partial charge is 0.280 e. The summed E-state index contributed by atoms with van der Waals surface area (Å²) in [6.07, 6.45) is 0. The van der Waals surface area contributed by atoms with Gasteiger partial charge in [0.05, 0.1) is 5.02 Å². The summed E-state index contributed by atoms with van der Waals surface area (Å²) in [5.41, 5.74) is 0.724. The van der Waals surface area contributed by atoms with Crippen LogP contribution in [-0.4, -0.2) is 37.5 Å². The molecule has 0 amide bonds. The molecule has 28 heavy (non-hydrogen) atoms. The monoisotopic (exact) mass is 496 g/mol. The van der Waals surface area contributed by atoms with Crippen LogP contribution in [0, 0.1) is 0 Å². The van der Waals surface area contributed by atoms with Crippen molar-refractivity contribution in [2.45, 2.75) is 25.7 Å². The number of thioether (sulfide) groups is 3. The molecule has 2 heterocycles. The molecule has 0 saturated carbocycles. The van der Waals surface area contributed by atoms with Crippen molar-refractivity contribution >= 4 is 80.3 Å². The minimum Gasteiger partial charge on any atom is -0.280 e. The van der Waals surface area contributed by atoms with E-state index in [0.717, 1.165) is 28.2 Å². The maximum atomic E-state index is 11.7. The average Bonchev–Trinajstić information content (AvgIpc) is 2.66. The Morgan fingerprint density at radius 1 is 0.786 bits per heavy atom. The number of hydrogen-bond donors (Lipinski definition) is 0. The first-order chi connectivity index (χ1) is 13.3. The van der Waals surface area contributed by atoms with Crippen molar-refractivity contribution < 1.29 is 9.59 Å². The Morgan fingerprint density at radius 2 is 1.29 bits per heavy atom. The van der Waals surface area contributed by atoms with E-state index >= 15 is 0 Å². The highest BCUT2D eigenvalue weighted by molar-refractivity contribution is 8.14. The third-order valence-corrected chi connectivity index (χ3v) is 6.02. The minimum atomic E-state index is -0.144. The van der Waals surface area contributed by atoms with Crippen molar-refractivity contribution in [3.8, 4) is 0 Å². The molecule has 2 aromatic heterocycles. The highest BCUT2D eigenvalue weighted by Gasteiger charge is 2.14. The number of aromatic nitrogens is 2. The Labute approximate surface area is 192 Å². The van der Waals surface area contributed by atoms with Gasteiger partial charge in [-0.1, -0.05) is 79.1 Å². The molecule has 0 fully saturated rings. The van der Waals surface area contributed by atoms with Crippen LogP contribution in [0.5, 0.6) is 0 Å². The van der Waals surface area contributed by atoms with E-state index in [9.17, 15) is 9.59 Å². The predicted octanol–water partition coefficient (Wildman–Crippen LogP) is 7.02. The van der Waals surface area contributed by atoms with E-state index in [0.29, 0.717) is 21.6 Å². The van der Waals surface area contributed by atoms with E-state index in [1.807, 2.05) is 26.8 Å². The summed E-state index contributed by atoms with van der Waals surface area (Å²) in [5.74, 6) is 2.37. The Morgan fingerprint density at radius 3 is 1.82 bits per heavy atom. The number of carbonyl (C=O) groups excluding carboxylic acids is 2. The second kappa shape index (κ2) is 13.7. The molecule has 0 radical (unpaired) electrons. The average molecular weight is 498 g/mol. The standard InChI is InChI=1S/C10H12ClNOS2.C8H7Cl2NOS/c1-3-14-7-5-6-8(11)12-9(7)10(13)15-4-2;1-2-13-8(12)7-5(9)3-4-6(10)11-7/h5-6H,3-4H2,1-2H3;3-4H,2H2,1H3. The molecule has 0 bridgehead atoms. The van der Waals surface area contributed by atoms with Gasteiger partial charge in [-0.15, -0.1) is 11.8 Å². The highest BCUT2D eigenvalue weighted by atomic mass is 35.5. The molecule has 0 aliphatic heterocycles. The van der Waals surface area contributed by atoms with E-state index in [-0.39, 0.29) is 21.1 Å². The molecule has 4 nitrogen and oxygen atoms in total. The maximum Gasteiger partial charge on any atom is 0.239 e. The molecule has 0 aliphatic carbocycles. The third kappa shape index (κ3) is 8.51. The molecule has 0 saturated heterocycles. The maximum absolute atomic E-state index is 11.7. The van der Waals surface area contributed by atoms with Crippen LogP contribution in [0.15, 0.2) is 29.2 Å². The highest BCUT2D eigenvalue weighted by Crippen LogP contribution is 2.26. The normalized spacial score (nSPS) is 10.2. The number of halogens is 3. The molecule has 0 unspecified atom stereocenters. The van der Waals surface area contributed by atoms with E-state index < -0.39 is 0 Å². The zero-order valence-corrected chi connectivity index (χ0v) is 20.2. The molecule has 0 N–H and O–H groups in total. The molecule has 0 atom stereocenters. The molecule has 152 valence electrons. The van der Waals surface area contributed by atoms with Gasteiger partial charge >= 0.3 is 0 Å². The second-order valence-electron chi connectivity index (χ2n) is 4.82. The van der Waals surface area contributed by atoms with Crippen LogP contribution in [0.2, 0.25) is 15.3 Å². The predicted molar refractivity (Wildman–Crippen MR) is 125 cm³/mol. The van der Waals surface area contributed by atoms with Crippen molar-refractivity contribution in [3.05, 3.63) is 51.0 Å². The lowest BCUT2D eigenvalue weighted by molar-refractivity contribution is 0.107. The molecule has 0 spiro atoms. The van der Waals surface area contributed by atoms with Crippen LogP contribution >= 0.6 is 70.1 Å². The van der Waals surface area contributed by atoms with Crippen molar-refractivity contribution in [2.24, 2.45) is 0 Å². The summed E-state index contributed by atoms with van der Waals surface area (Å²) in [7, 11) is 0. The quantitative estimate of drug-likeness (QED) is 0.314. The van der Waals surface area contributed by atoms with Crippen molar-refractivity contribution in [2.75, 3.05) is 17.3 Å². The first kappa shape index (κ1) is 25.6. The molecule has 2 aromatic rings. The van der Waals surface area contributed by atoms with Crippen LogP contribution in [0.3, 0.4) is 0 Å². The Kier molecular flexibility index (Phi) is 12.5. The topological polar surface area (TPSA) is 59.9 Å². The van der Waals surface area contributed by atoms with Gasteiger partial charge in [-0.2, -0.15) is 0 Å². The lowest BCUT2D eigenvalue weighted by atomic mass is 10.4. The van der Waals surface area contributed by atoms with E-state index in [1.165, 1.54) is 11.8 Å². The first-order valence-electron chi connectivity index (χ1n) is 8.29. The van der Waals surface area contributed by atoms with E-state index in [2.05, 4.69) is 9.97 Å². The van der Waals surface area contributed by atoms with E-state index in [1.54, 1.807) is 30.0 Å². The lowest BCUT2D eigenvalue weighted by Crippen LogP contribution is -2.01. The number of carbonyl (C=O) groups is 2. The molecule has 10 heteroatoms. The zero-order valence-electron chi connectivity index (χ0n) is 15.5. The molecular formula is C18H19Cl3N2O2S3. The lowest BCUT2D eigenvalue weighted by Gasteiger charge is -2.05. The van der Waals surface area contributed by atoms with Crippen molar-refractivity contribution in [1.82, 2.24) is 9.97 Å². The van der Waals surface area contributed by atoms with Crippen LogP contribution < -0.4 is 0 Å². The van der Waals surface area contributed by atoms with E-state index in [4.69, 9.17) is 34.8 Å². The fourth-order valence-electron chi connectivity index (χ4n) is 1.80. The zero-order chi connectivity index (χ0) is 21.1. The number of pyridine rings is 2. The van der Waals surface area contributed by atoms with Gasteiger partial charge < -0.3 is 0 Å². The summed E-state index contributed by atoms with van der Waals surface area (Å²) < 4.78 is 0. The molecular weight excluding hydrogens is 479 g/mol. The number of rotatable bonds is 6.